The molecule has 0 fully saturated rings. The number of carbonyl (C=O) groups is 3. The van der Waals surface area contributed by atoms with E-state index in [1.165, 1.54) is 13.0 Å². The van der Waals surface area contributed by atoms with Gasteiger partial charge in [-0.2, -0.15) is 0 Å². The van der Waals surface area contributed by atoms with Crippen LogP contribution in [0.3, 0.4) is 0 Å². The molecule has 164 valence electrons. The van der Waals surface area contributed by atoms with Crippen LogP contribution in [0.1, 0.15) is 51.2 Å². The average molecular weight is 469 g/mol. The van der Waals surface area contributed by atoms with E-state index >= 15 is 0 Å². The molecule has 1 aliphatic rings. The van der Waals surface area contributed by atoms with Crippen molar-refractivity contribution < 1.29 is 19.5 Å². The highest BCUT2D eigenvalue weighted by atomic mass is 35.5. The number of aromatic carboxylic acids is 1. The van der Waals surface area contributed by atoms with Crippen LogP contribution in [0.15, 0.2) is 60.7 Å². The summed E-state index contributed by atoms with van der Waals surface area (Å²) in [5.74, 6) is -1.41. The number of amides is 2. The molecule has 6 nitrogen and oxygen atoms in total. The second kappa shape index (κ2) is 8.76. The van der Waals surface area contributed by atoms with E-state index in [1.54, 1.807) is 28.0 Å². The summed E-state index contributed by atoms with van der Waals surface area (Å²) in [5, 5.41) is 9.80. The Bertz CT molecular complexity index is 1190. The number of thiophene rings is 1. The minimum Gasteiger partial charge on any atom is -0.477 e. The molecule has 0 saturated carbocycles. The lowest BCUT2D eigenvalue weighted by Crippen LogP contribution is -2.47. The van der Waals surface area contributed by atoms with E-state index < -0.39 is 5.97 Å². The Hall–Kier alpha value is -3.16. The second-order valence-corrected chi connectivity index (χ2v) is 9.19. The maximum Gasteiger partial charge on any atom is 0.345 e. The van der Waals surface area contributed by atoms with E-state index in [2.05, 4.69) is 0 Å². The fraction of sp³-hybridized carbons (Fsp3) is 0.208. The smallest absolute Gasteiger partial charge is 0.345 e. The molecule has 8 heteroatoms. The molecule has 0 bridgehead atoms. The van der Waals surface area contributed by atoms with Crippen molar-refractivity contribution in [3.8, 4) is 0 Å². The van der Waals surface area contributed by atoms with Gasteiger partial charge in [0.05, 0.1) is 10.9 Å². The number of carbonyl (C=O) groups excluding carboxylic acids is 2. The van der Waals surface area contributed by atoms with E-state index in [9.17, 15) is 19.5 Å². The van der Waals surface area contributed by atoms with Gasteiger partial charge in [-0.15, -0.1) is 11.3 Å². The molecule has 0 radical (unpaired) electrons. The van der Waals surface area contributed by atoms with Crippen LogP contribution in [0.4, 0.5) is 11.4 Å². The largest absolute Gasteiger partial charge is 0.477 e. The topological polar surface area (TPSA) is 77.9 Å². The van der Waals surface area contributed by atoms with Crippen molar-refractivity contribution in [1.82, 2.24) is 0 Å². The van der Waals surface area contributed by atoms with Gasteiger partial charge in [-0.3, -0.25) is 9.59 Å². The SMILES string of the molecule is CC(=O)N(c1ccc(Cl)cc1)[C@@H]1C[C@H](C)N(C(=O)c2ccc(C(=O)O)s2)c2ccccc21. The van der Waals surface area contributed by atoms with Crippen molar-refractivity contribution in [2.24, 2.45) is 0 Å². The molecule has 2 aromatic carbocycles. The van der Waals surface area contributed by atoms with E-state index in [-0.39, 0.29) is 28.8 Å². The minimum atomic E-state index is -1.05. The standard InChI is InChI=1S/C24H21ClN2O4S/c1-14-13-20(27(15(2)28)17-9-7-16(25)8-10-17)18-5-3-4-6-19(18)26(14)23(29)21-11-12-22(32-21)24(30)31/h3-12,14,20H,13H2,1-2H3,(H,30,31)/t14-,20+/m0/s1. The Balaban J connectivity index is 1.76. The van der Waals surface area contributed by atoms with E-state index in [1.807, 2.05) is 43.3 Å². The molecule has 1 aliphatic heterocycles. The predicted molar refractivity (Wildman–Crippen MR) is 126 cm³/mol. The van der Waals surface area contributed by atoms with Crippen LogP contribution in [0.25, 0.3) is 0 Å². The van der Waals surface area contributed by atoms with Crippen molar-refractivity contribution in [1.29, 1.82) is 0 Å². The fourth-order valence-electron chi connectivity index (χ4n) is 4.21. The number of para-hydroxylation sites is 1. The Morgan fingerprint density at radius 2 is 1.69 bits per heavy atom. The highest BCUT2D eigenvalue weighted by Gasteiger charge is 2.38. The number of hydrogen-bond donors (Lipinski definition) is 1. The molecule has 0 aliphatic carbocycles. The Kier molecular flexibility index (Phi) is 6.04. The summed E-state index contributed by atoms with van der Waals surface area (Å²) in [4.78, 5) is 41.3. The van der Waals surface area contributed by atoms with Crippen LogP contribution < -0.4 is 9.80 Å². The van der Waals surface area contributed by atoms with Crippen LogP contribution in [-0.2, 0) is 4.79 Å². The van der Waals surface area contributed by atoms with Gasteiger partial charge >= 0.3 is 5.97 Å². The summed E-state index contributed by atoms with van der Waals surface area (Å²) in [6.07, 6.45) is 0.530. The number of anilines is 2. The lowest BCUT2D eigenvalue weighted by atomic mass is 9.89. The van der Waals surface area contributed by atoms with Gasteiger partial charge in [0.1, 0.15) is 4.88 Å². The Morgan fingerprint density at radius 1 is 1.03 bits per heavy atom. The number of nitrogens with zero attached hydrogens (tertiary/aromatic N) is 2. The lowest BCUT2D eigenvalue weighted by molar-refractivity contribution is -0.117. The lowest BCUT2D eigenvalue weighted by Gasteiger charge is -2.43. The fourth-order valence-corrected chi connectivity index (χ4v) is 5.11. The molecular formula is C24H21ClN2O4S. The summed E-state index contributed by atoms with van der Waals surface area (Å²) in [7, 11) is 0. The third-order valence-corrected chi connectivity index (χ3v) is 6.88. The first-order chi connectivity index (χ1) is 15.3. The first kappa shape index (κ1) is 22.0. The van der Waals surface area contributed by atoms with E-state index in [4.69, 9.17) is 11.6 Å². The van der Waals surface area contributed by atoms with Crippen LogP contribution >= 0.6 is 22.9 Å². The average Bonchev–Trinajstić information content (AvgIpc) is 3.25. The molecule has 0 unspecified atom stereocenters. The third kappa shape index (κ3) is 4.01. The summed E-state index contributed by atoms with van der Waals surface area (Å²) in [6.45, 7) is 3.46. The van der Waals surface area contributed by atoms with Gasteiger partial charge in [-0.05, 0) is 61.4 Å². The van der Waals surface area contributed by atoms with Gasteiger partial charge in [-0.25, -0.2) is 4.79 Å². The zero-order chi connectivity index (χ0) is 23.0. The minimum absolute atomic E-state index is 0.108. The molecule has 0 spiro atoms. The summed E-state index contributed by atoms with van der Waals surface area (Å²) in [6, 6.07) is 17.2. The maximum atomic E-state index is 13.4. The predicted octanol–water partition coefficient (Wildman–Crippen LogP) is 5.63. The number of carboxylic acid groups (broad SMARTS) is 1. The summed E-state index contributed by atoms with van der Waals surface area (Å²) < 4.78 is 0. The van der Waals surface area contributed by atoms with Crippen molar-refractivity contribution in [2.75, 3.05) is 9.80 Å². The summed E-state index contributed by atoms with van der Waals surface area (Å²) in [5.41, 5.74) is 2.31. The van der Waals surface area contributed by atoms with Crippen LogP contribution in [0.5, 0.6) is 0 Å². The van der Waals surface area contributed by atoms with E-state index in [0.29, 0.717) is 22.0 Å². The molecule has 0 saturated heterocycles. The van der Waals surface area contributed by atoms with E-state index in [0.717, 1.165) is 22.6 Å². The molecular weight excluding hydrogens is 448 g/mol. The molecule has 32 heavy (non-hydrogen) atoms. The second-order valence-electron chi connectivity index (χ2n) is 7.67. The normalized spacial score (nSPS) is 17.5. The number of hydrogen-bond acceptors (Lipinski definition) is 4. The first-order valence-corrected chi connectivity index (χ1v) is 11.3. The Labute approximate surface area is 194 Å². The van der Waals surface area contributed by atoms with Crippen molar-refractivity contribution >= 4 is 52.1 Å². The molecule has 4 rings (SSSR count). The van der Waals surface area contributed by atoms with Gasteiger partial charge < -0.3 is 14.9 Å². The number of fused-ring (bicyclic) bond motifs is 1. The molecule has 2 atom stereocenters. The van der Waals surface area contributed by atoms with Gasteiger partial charge in [0.15, 0.2) is 0 Å². The highest BCUT2D eigenvalue weighted by molar-refractivity contribution is 7.16. The van der Waals surface area contributed by atoms with Gasteiger partial charge in [-0.1, -0.05) is 29.8 Å². The number of rotatable bonds is 4. The van der Waals surface area contributed by atoms with Crippen LogP contribution in [0.2, 0.25) is 5.02 Å². The summed E-state index contributed by atoms with van der Waals surface area (Å²) >= 11 is 7.00. The zero-order valence-corrected chi connectivity index (χ0v) is 19.1. The van der Waals surface area contributed by atoms with Crippen LogP contribution in [-0.4, -0.2) is 28.9 Å². The number of benzene rings is 2. The molecule has 3 aromatic rings. The van der Waals surface area contributed by atoms with Gasteiger partial charge in [0, 0.05) is 29.4 Å². The van der Waals surface area contributed by atoms with Crippen molar-refractivity contribution in [2.45, 2.75) is 32.4 Å². The first-order valence-electron chi connectivity index (χ1n) is 10.1. The molecule has 1 aromatic heterocycles. The van der Waals surface area contributed by atoms with Crippen molar-refractivity contribution in [3.63, 3.8) is 0 Å². The number of halogens is 1. The monoisotopic (exact) mass is 468 g/mol. The molecule has 1 N–H and O–H groups in total. The zero-order valence-electron chi connectivity index (χ0n) is 17.5. The van der Waals surface area contributed by atoms with Crippen LogP contribution in [0, 0.1) is 0 Å². The highest BCUT2D eigenvalue weighted by Crippen LogP contribution is 2.43. The van der Waals surface area contributed by atoms with Crippen molar-refractivity contribution in [3.05, 3.63) is 81.0 Å². The molecule has 2 amide bonds. The van der Waals surface area contributed by atoms with Gasteiger partial charge in [0.2, 0.25) is 5.91 Å². The Morgan fingerprint density at radius 3 is 2.31 bits per heavy atom. The third-order valence-electron chi connectivity index (χ3n) is 5.56. The number of carboxylic acids is 1. The quantitative estimate of drug-likeness (QED) is 0.538. The van der Waals surface area contributed by atoms with Gasteiger partial charge in [0.25, 0.3) is 5.91 Å². The molecule has 2 heterocycles. The maximum absolute atomic E-state index is 13.4.